The van der Waals surface area contributed by atoms with Crippen LogP contribution < -0.4 is 5.32 Å². The molecule has 18 heavy (non-hydrogen) atoms. The highest BCUT2D eigenvalue weighted by molar-refractivity contribution is 9.10. The summed E-state index contributed by atoms with van der Waals surface area (Å²) in [5, 5.41) is 5.70. The topological polar surface area (TPSA) is 12.0 Å². The van der Waals surface area contributed by atoms with Crippen LogP contribution in [0.25, 0.3) is 0 Å². The first-order valence-corrected chi connectivity index (χ1v) is 8.38. The van der Waals surface area contributed by atoms with E-state index in [2.05, 4.69) is 79.8 Å². The summed E-state index contributed by atoms with van der Waals surface area (Å²) in [5.41, 5.74) is 1.32. The number of nitrogens with one attached hydrogen (secondary N) is 1. The molecule has 2 aromatic rings. The van der Waals surface area contributed by atoms with Crippen LogP contribution in [0.4, 0.5) is 0 Å². The Morgan fingerprint density at radius 1 is 1.28 bits per heavy atom. The summed E-state index contributed by atoms with van der Waals surface area (Å²) in [6.45, 7) is 3.12. The maximum absolute atomic E-state index is 3.64. The van der Waals surface area contributed by atoms with Gasteiger partial charge in [0.1, 0.15) is 0 Å². The van der Waals surface area contributed by atoms with Crippen molar-refractivity contribution < 1.29 is 0 Å². The van der Waals surface area contributed by atoms with E-state index in [4.69, 9.17) is 0 Å². The average molecular weight is 389 g/mol. The van der Waals surface area contributed by atoms with Crippen LogP contribution in [0.2, 0.25) is 0 Å². The van der Waals surface area contributed by atoms with E-state index in [1.165, 1.54) is 19.4 Å². The zero-order valence-corrected chi connectivity index (χ0v) is 14.1. The van der Waals surface area contributed by atoms with Crippen molar-refractivity contribution in [2.24, 2.45) is 0 Å². The van der Waals surface area contributed by atoms with E-state index in [9.17, 15) is 0 Å². The third-order valence-electron chi connectivity index (χ3n) is 2.76. The van der Waals surface area contributed by atoms with Crippen molar-refractivity contribution in [3.63, 3.8) is 0 Å². The molecule has 0 aliphatic carbocycles. The molecule has 4 heteroatoms. The van der Waals surface area contributed by atoms with E-state index in [1.807, 2.05) is 0 Å². The Hall–Kier alpha value is -0.160. The third-order valence-corrected chi connectivity index (χ3v) is 5.20. The molecule has 0 amide bonds. The second-order valence-corrected chi connectivity index (χ2v) is 6.83. The Labute approximate surface area is 129 Å². The van der Waals surface area contributed by atoms with Crippen LogP contribution in [0, 0.1) is 0 Å². The molecule has 0 fully saturated rings. The number of benzene rings is 1. The normalized spacial score (nSPS) is 12.6. The molecular formula is C14H15Br2NS. The van der Waals surface area contributed by atoms with Crippen LogP contribution in [0.15, 0.2) is 44.7 Å². The van der Waals surface area contributed by atoms with Crippen LogP contribution in [-0.4, -0.2) is 6.54 Å². The SMILES string of the molecule is CCNC(Cc1cc(Br)cs1)c1ccccc1Br. The van der Waals surface area contributed by atoms with Gasteiger partial charge in [0.05, 0.1) is 0 Å². The first-order valence-electron chi connectivity index (χ1n) is 5.91. The van der Waals surface area contributed by atoms with Crippen LogP contribution in [0.1, 0.15) is 23.4 Å². The smallest absolute Gasteiger partial charge is 0.0379 e. The second-order valence-electron chi connectivity index (χ2n) is 4.07. The van der Waals surface area contributed by atoms with E-state index in [0.29, 0.717) is 6.04 Å². The molecule has 0 aliphatic heterocycles. The van der Waals surface area contributed by atoms with Crippen LogP contribution in [0.5, 0.6) is 0 Å². The molecular weight excluding hydrogens is 374 g/mol. The molecule has 0 spiro atoms. The quantitative estimate of drug-likeness (QED) is 0.745. The lowest BCUT2D eigenvalue weighted by Crippen LogP contribution is -2.23. The van der Waals surface area contributed by atoms with Crippen molar-refractivity contribution in [3.05, 3.63) is 55.1 Å². The van der Waals surface area contributed by atoms with Crippen molar-refractivity contribution in [2.45, 2.75) is 19.4 Å². The van der Waals surface area contributed by atoms with Crippen molar-refractivity contribution >= 4 is 43.2 Å². The highest BCUT2D eigenvalue weighted by atomic mass is 79.9. The predicted octanol–water partition coefficient (Wildman–Crippen LogP) is 5.17. The van der Waals surface area contributed by atoms with Crippen molar-refractivity contribution in [1.29, 1.82) is 0 Å². The first kappa shape index (κ1) is 14.3. The Morgan fingerprint density at radius 2 is 2.06 bits per heavy atom. The highest BCUT2D eigenvalue weighted by Crippen LogP contribution is 2.29. The lowest BCUT2D eigenvalue weighted by Gasteiger charge is -2.19. The standard InChI is InChI=1S/C14H15Br2NS/c1-2-17-14(8-11-7-10(15)9-18-11)12-5-3-4-6-13(12)16/h3-7,9,14,17H,2,8H2,1H3. The van der Waals surface area contributed by atoms with Gasteiger partial charge in [-0.2, -0.15) is 0 Å². The fraction of sp³-hybridized carbons (Fsp3) is 0.286. The molecule has 1 N–H and O–H groups in total. The largest absolute Gasteiger partial charge is 0.310 e. The van der Waals surface area contributed by atoms with Gasteiger partial charge in [0, 0.05) is 31.7 Å². The Bertz CT molecular complexity index is 510. The predicted molar refractivity (Wildman–Crippen MR) is 86.3 cm³/mol. The molecule has 0 radical (unpaired) electrons. The summed E-state index contributed by atoms with van der Waals surface area (Å²) in [6, 6.07) is 11.0. The van der Waals surface area contributed by atoms with Gasteiger partial charge in [-0.1, -0.05) is 41.1 Å². The molecule has 1 aromatic heterocycles. The zero-order valence-electron chi connectivity index (χ0n) is 10.1. The van der Waals surface area contributed by atoms with Gasteiger partial charge in [-0.3, -0.25) is 0 Å². The number of rotatable bonds is 5. The van der Waals surface area contributed by atoms with Crippen LogP contribution >= 0.6 is 43.2 Å². The van der Waals surface area contributed by atoms with Gasteiger partial charge in [-0.05, 0) is 40.2 Å². The molecule has 1 nitrogen and oxygen atoms in total. The van der Waals surface area contributed by atoms with E-state index in [0.717, 1.165) is 13.0 Å². The highest BCUT2D eigenvalue weighted by Gasteiger charge is 2.14. The van der Waals surface area contributed by atoms with Gasteiger partial charge < -0.3 is 5.32 Å². The summed E-state index contributed by atoms with van der Waals surface area (Å²) >= 11 is 8.95. The fourth-order valence-electron chi connectivity index (χ4n) is 1.96. The molecule has 0 saturated carbocycles. The second kappa shape index (κ2) is 6.85. The summed E-state index contributed by atoms with van der Waals surface area (Å²) in [7, 11) is 0. The fourth-order valence-corrected chi connectivity index (χ4v) is 4.02. The Morgan fingerprint density at radius 3 is 2.67 bits per heavy atom. The van der Waals surface area contributed by atoms with Gasteiger partial charge in [0.2, 0.25) is 0 Å². The van der Waals surface area contributed by atoms with Gasteiger partial charge in [-0.25, -0.2) is 0 Å². The molecule has 2 rings (SSSR count). The lowest BCUT2D eigenvalue weighted by molar-refractivity contribution is 0.551. The Kier molecular flexibility index (Phi) is 5.42. The minimum Gasteiger partial charge on any atom is -0.310 e. The minimum absolute atomic E-state index is 0.358. The number of hydrogen-bond donors (Lipinski definition) is 1. The van der Waals surface area contributed by atoms with E-state index in [1.54, 1.807) is 11.3 Å². The monoisotopic (exact) mass is 387 g/mol. The summed E-state index contributed by atoms with van der Waals surface area (Å²) in [6.07, 6.45) is 1.02. The zero-order chi connectivity index (χ0) is 13.0. The van der Waals surface area contributed by atoms with Gasteiger partial charge in [0.25, 0.3) is 0 Å². The maximum Gasteiger partial charge on any atom is 0.0379 e. The van der Waals surface area contributed by atoms with E-state index >= 15 is 0 Å². The molecule has 1 heterocycles. The van der Waals surface area contributed by atoms with Crippen molar-refractivity contribution in [1.82, 2.24) is 5.32 Å². The van der Waals surface area contributed by atoms with E-state index in [-0.39, 0.29) is 0 Å². The van der Waals surface area contributed by atoms with Crippen LogP contribution in [0.3, 0.4) is 0 Å². The first-order chi connectivity index (χ1) is 8.70. The van der Waals surface area contributed by atoms with Gasteiger partial charge in [0.15, 0.2) is 0 Å². The third kappa shape index (κ3) is 3.67. The average Bonchev–Trinajstić information content (AvgIpc) is 2.75. The number of hydrogen-bond acceptors (Lipinski definition) is 2. The summed E-state index contributed by atoms with van der Waals surface area (Å²) in [4.78, 5) is 1.39. The molecule has 0 bridgehead atoms. The summed E-state index contributed by atoms with van der Waals surface area (Å²) in [5.74, 6) is 0. The number of likely N-dealkylation sites (N-methyl/N-ethyl adjacent to an activating group) is 1. The molecule has 96 valence electrons. The molecule has 1 atom stereocenters. The number of halogens is 2. The van der Waals surface area contributed by atoms with Crippen molar-refractivity contribution in [3.8, 4) is 0 Å². The van der Waals surface area contributed by atoms with Crippen LogP contribution in [-0.2, 0) is 6.42 Å². The number of thiophene rings is 1. The van der Waals surface area contributed by atoms with Gasteiger partial charge >= 0.3 is 0 Å². The molecule has 0 saturated heterocycles. The molecule has 1 aromatic carbocycles. The van der Waals surface area contributed by atoms with Gasteiger partial charge in [-0.15, -0.1) is 11.3 Å². The maximum atomic E-state index is 3.64. The van der Waals surface area contributed by atoms with E-state index < -0.39 is 0 Å². The van der Waals surface area contributed by atoms with Crippen molar-refractivity contribution in [2.75, 3.05) is 6.54 Å². The molecule has 0 aliphatic rings. The summed E-state index contributed by atoms with van der Waals surface area (Å²) < 4.78 is 2.34. The lowest BCUT2D eigenvalue weighted by atomic mass is 10.0. The minimum atomic E-state index is 0.358. The molecule has 1 unspecified atom stereocenters. The Balaban J connectivity index is 2.20.